The van der Waals surface area contributed by atoms with Gasteiger partial charge < -0.3 is 10.1 Å². The van der Waals surface area contributed by atoms with Crippen LogP contribution in [0, 0.1) is 13.8 Å². The molecule has 0 saturated heterocycles. The molecule has 1 heterocycles. The topological polar surface area (TPSA) is 56.1 Å². The van der Waals surface area contributed by atoms with E-state index in [-0.39, 0.29) is 12.5 Å². The molecule has 106 valence electrons. The predicted octanol–water partition coefficient (Wildman–Crippen LogP) is 1.73. The summed E-state index contributed by atoms with van der Waals surface area (Å²) in [5, 5.41) is 7.05. The molecule has 0 bridgehead atoms. The summed E-state index contributed by atoms with van der Waals surface area (Å²) in [6.45, 7) is 4.34. The minimum absolute atomic E-state index is 0.0156. The summed E-state index contributed by atoms with van der Waals surface area (Å²) in [6, 6.07) is 9.58. The van der Waals surface area contributed by atoms with Crippen molar-refractivity contribution in [2.24, 2.45) is 7.05 Å². The van der Waals surface area contributed by atoms with Gasteiger partial charge in [-0.1, -0.05) is 18.2 Å². The zero-order chi connectivity index (χ0) is 14.5. The highest BCUT2D eigenvalue weighted by atomic mass is 16.5. The molecule has 1 aromatic carbocycles. The van der Waals surface area contributed by atoms with Gasteiger partial charge in [0.05, 0.1) is 17.9 Å². The molecule has 0 aliphatic carbocycles. The van der Waals surface area contributed by atoms with E-state index in [1.165, 1.54) is 0 Å². The first-order chi connectivity index (χ1) is 9.56. The van der Waals surface area contributed by atoms with E-state index in [2.05, 4.69) is 10.4 Å². The number of carbonyl (C=O) groups excluding carboxylic acids is 1. The Morgan fingerprint density at radius 1 is 1.35 bits per heavy atom. The van der Waals surface area contributed by atoms with Gasteiger partial charge in [-0.3, -0.25) is 9.48 Å². The second-order valence-corrected chi connectivity index (χ2v) is 4.73. The lowest BCUT2D eigenvalue weighted by Crippen LogP contribution is -2.29. The summed E-state index contributed by atoms with van der Waals surface area (Å²) in [7, 11) is 1.86. The lowest BCUT2D eigenvalue weighted by molar-refractivity contribution is -0.123. The molecular formula is C15H19N3O2. The highest BCUT2D eigenvalue weighted by Gasteiger charge is 2.06. The molecule has 2 rings (SSSR count). The van der Waals surface area contributed by atoms with Crippen LogP contribution in [0.5, 0.6) is 5.75 Å². The molecule has 1 aromatic heterocycles. The first kappa shape index (κ1) is 14.1. The normalized spacial score (nSPS) is 10.3. The summed E-state index contributed by atoms with van der Waals surface area (Å²) in [5.41, 5.74) is 2.92. The molecule has 0 fully saturated rings. The molecule has 5 heteroatoms. The van der Waals surface area contributed by atoms with Gasteiger partial charge in [-0.05, 0) is 31.5 Å². The Morgan fingerprint density at radius 3 is 2.75 bits per heavy atom. The second-order valence-electron chi connectivity index (χ2n) is 4.73. The Labute approximate surface area is 118 Å². The lowest BCUT2D eigenvalue weighted by atomic mass is 10.2. The minimum Gasteiger partial charge on any atom is -0.484 e. The number of para-hydroxylation sites is 1. The average molecular weight is 273 g/mol. The van der Waals surface area contributed by atoms with Crippen LogP contribution in [-0.2, 0) is 18.4 Å². The highest BCUT2D eigenvalue weighted by molar-refractivity contribution is 5.77. The maximum absolute atomic E-state index is 11.8. The molecule has 20 heavy (non-hydrogen) atoms. The van der Waals surface area contributed by atoms with E-state index < -0.39 is 0 Å². The third-order valence-corrected chi connectivity index (χ3v) is 3.02. The first-order valence-electron chi connectivity index (χ1n) is 6.51. The fraction of sp³-hybridized carbons (Fsp3) is 0.333. The average Bonchev–Trinajstić information content (AvgIpc) is 2.74. The number of aryl methyl sites for hydroxylation is 3. The zero-order valence-corrected chi connectivity index (χ0v) is 12.0. The van der Waals surface area contributed by atoms with Gasteiger partial charge >= 0.3 is 0 Å². The van der Waals surface area contributed by atoms with Crippen LogP contribution in [0.2, 0.25) is 0 Å². The number of aromatic nitrogens is 2. The number of amides is 1. The van der Waals surface area contributed by atoms with Crippen molar-refractivity contribution in [2.75, 3.05) is 6.61 Å². The van der Waals surface area contributed by atoms with Gasteiger partial charge in [0.15, 0.2) is 6.61 Å². The Kier molecular flexibility index (Phi) is 4.40. The summed E-state index contributed by atoms with van der Waals surface area (Å²) in [6.07, 6.45) is 0. The first-order valence-corrected chi connectivity index (χ1v) is 6.51. The van der Waals surface area contributed by atoms with Gasteiger partial charge in [-0.25, -0.2) is 0 Å². The van der Waals surface area contributed by atoms with Crippen molar-refractivity contribution in [3.63, 3.8) is 0 Å². The van der Waals surface area contributed by atoms with Crippen LogP contribution in [0.3, 0.4) is 0 Å². The fourth-order valence-electron chi connectivity index (χ4n) is 1.93. The number of nitrogens with zero attached hydrogens (tertiary/aromatic N) is 2. The summed E-state index contributed by atoms with van der Waals surface area (Å²) < 4.78 is 7.25. The Balaban J connectivity index is 1.82. The van der Waals surface area contributed by atoms with E-state index in [9.17, 15) is 4.79 Å². The van der Waals surface area contributed by atoms with Crippen molar-refractivity contribution in [1.82, 2.24) is 15.1 Å². The van der Waals surface area contributed by atoms with E-state index in [1.807, 2.05) is 51.2 Å². The van der Waals surface area contributed by atoms with Crippen LogP contribution < -0.4 is 10.1 Å². The maximum Gasteiger partial charge on any atom is 0.258 e. The largest absolute Gasteiger partial charge is 0.484 e. The number of hydrogen-bond acceptors (Lipinski definition) is 3. The summed E-state index contributed by atoms with van der Waals surface area (Å²) in [5.74, 6) is 0.589. The van der Waals surface area contributed by atoms with Crippen LogP contribution in [-0.4, -0.2) is 22.3 Å². The van der Waals surface area contributed by atoms with Gasteiger partial charge in [0.2, 0.25) is 0 Å². The third kappa shape index (κ3) is 3.60. The van der Waals surface area contributed by atoms with Crippen LogP contribution in [0.25, 0.3) is 0 Å². The van der Waals surface area contributed by atoms with Crippen molar-refractivity contribution in [3.8, 4) is 5.75 Å². The second kappa shape index (κ2) is 6.23. The van der Waals surface area contributed by atoms with Crippen LogP contribution >= 0.6 is 0 Å². The SMILES string of the molecule is Cc1cc(CNC(=O)COc2ccccc2C)n(C)n1. The molecule has 0 spiro atoms. The quantitative estimate of drug-likeness (QED) is 0.902. The predicted molar refractivity (Wildman–Crippen MR) is 76.5 cm³/mol. The molecule has 0 aliphatic heterocycles. The van der Waals surface area contributed by atoms with Gasteiger partial charge in [0, 0.05) is 7.05 Å². The summed E-state index contributed by atoms with van der Waals surface area (Å²) in [4.78, 5) is 11.8. The molecule has 1 N–H and O–H groups in total. The molecule has 0 radical (unpaired) electrons. The van der Waals surface area contributed by atoms with Crippen molar-refractivity contribution in [3.05, 3.63) is 47.3 Å². The van der Waals surface area contributed by atoms with Crippen LogP contribution in [0.1, 0.15) is 17.0 Å². The summed E-state index contributed by atoms with van der Waals surface area (Å²) >= 11 is 0. The monoisotopic (exact) mass is 273 g/mol. The smallest absolute Gasteiger partial charge is 0.258 e. The molecule has 0 atom stereocenters. The van der Waals surface area contributed by atoms with Gasteiger partial charge in [-0.15, -0.1) is 0 Å². The van der Waals surface area contributed by atoms with E-state index in [1.54, 1.807) is 4.68 Å². The van der Waals surface area contributed by atoms with Gasteiger partial charge in [0.25, 0.3) is 5.91 Å². The van der Waals surface area contributed by atoms with Crippen molar-refractivity contribution >= 4 is 5.91 Å². The zero-order valence-electron chi connectivity index (χ0n) is 12.0. The molecule has 0 unspecified atom stereocenters. The maximum atomic E-state index is 11.8. The Hall–Kier alpha value is -2.30. The molecule has 2 aromatic rings. The van der Waals surface area contributed by atoms with Gasteiger partial charge in [-0.2, -0.15) is 5.10 Å². The highest BCUT2D eigenvalue weighted by Crippen LogP contribution is 2.15. The molecule has 5 nitrogen and oxygen atoms in total. The third-order valence-electron chi connectivity index (χ3n) is 3.02. The number of benzene rings is 1. The van der Waals surface area contributed by atoms with Crippen LogP contribution in [0.15, 0.2) is 30.3 Å². The van der Waals surface area contributed by atoms with Crippen molar-refractivity contribution in [1.29, 1.82) is 0 Å². The number of carbonyl (C=O) groups is 1. The standard InChI is InChI=1S/C15H19N3O2/c1-11-6-4-5-7-14(11)20-10-15(19)16-9-13-8-12(2)17-18(13)3/h4-8H,9-10H2,1-3H3,(H,16,19). The van der Waals surface area contributed by atoms with Gasteiger partial charge in [0.1, 0.15) is 5.75 Å². The molecule has 0 aliphatic rings. The van der Waals surface area contributed by atoms with Crippen molar-refractivity contribution in [2.45, 2.75) is 20.4 Å². The molecule has 0 saturated carbocycles. The van der Waals surface area contributed by atoms with Crippen molar-refractivity contribution < 1.29 is 9.53 Å². The van der Waals surface area contributed by atoms with E-state index in [0.717, 1.165) is 22.7 Å². The Morgan fingerprint density at radius 2 is 2.10 bits per heavy atom. The molecular weight excluding hydrogens is 254 g/mol. The van der Waals surface area contributed by atoms with E-state index >= 15 is 0 Å². The number of ether oxygens (including phenoxy) is 1. The number of rotatable bonds is 5. The lowest BCUT2D eigenvalue weighted by Gasteiger charge is -2.09. The molecule has 1 amide bonds. The number of hydrogen-bond donors (Lipinski definition) is 1. The van der Waals surface area contributed by atoms with E-state index in [0.29, 0.717) is 6.54 Å². The van der Waals surface area contributed by atoms with Crippen LogP contribution in [0.4, 0.5) is 0 Å². The minimum atomic E-state index is -0.146. The fourth-order valence-corrected chi connectivity index (χ4v) is 1.93. The Bertz CT molecular complexity index is 605. The van der Waals surface area contributed by atoms with E-state index in [4.69, 9.17) is 4.74 Å². The number of nitrogens with one attached hydrogen (secondary N) is 1.